The van der Waals surface area contributed by atoms with E-state index in [0.29, 0.717) is 5.76 Å². The second kappa shape index (κ2) is 2.94. The van der Waals surface area contributed by atoms with Crippen molar-refractivity contribution in [3.8, 4) is 0 Å². The molecule has 4 heteroatoms. The number of furan rings is 1. The Balaban J connectivity index is 3.09. The van der Waals surface area contributed by atoms with E-state index in [4.69, 9.17) is 4.42 Å². The lowest BCUT2D eigenvalue weighted by molar-refractivity contribution is 0.402. The quantitative estimate of drug-likeness (QED) is 0.711. The summed E-state index contributed by atoms with van der Waals surface area (Å²) in [4.78, 5) is 0. The first kappa shape index (κ1) is 9.32. The second-order valence-corrected chi connectivity index (χ2v) is 5.03. The van der Waals surface area contributed by atoms with Gasteiger partial charge in [-0.3, -0.25) is 0 Å². The number of rotatable bonds is 2. The normalized spacial score (nSPS) is 12.3. The molecule has 0 radical (unpaired) electrons. The molecule has 0 bridgehead atoms. The van der Waals surface area contributed by atoms with Gasteiger partial charge in [-0.1, -0.05) is 13.8 Å². The van der Waals surface area contributed by atoms with Gasteiger partial charge in [0.2, 0.25) is 14.9 Å². The largest absolute Gasteiger partial charge is 0.449 e. The number of hydrogen-bond donors (Lipinski definition) is 0. The van der Waals surface area contributed by atoms with E-state index >= 15 is 0 Å². The minimum absolute atomic E-state index is 0.0474. The van der Waals surface area contributed by atoms with Crippen LogP contribution in [0.1, 0.15) is 25.5 Å². The van der Waals surface area contributed by atoms with Gasteiger partial charge in [0.05, 0.1) is 0 Å². The Morgan fingerprint density at radius 1 is 1.33 bits per heavy atom. The lowest BCUT2D eigenvalue weighted by Crippen LogP contribution is -1.93. The Labute approximate surface area is 72.3 Å². The van der Waals surface area contributed by atoms with Crippen molar-refractivity contribution in [2.24, 2.45) is 0 Å². The molecule has 0 saturated carbocycles. The molecule has 0 N–H and O–H groups in total. The molecule has 0 aliphatic heterocycles. The summed E-state index contributed by atoms with van der Waals surface area (Å²) in [7, 11) is -3.18. The molecule has 0 unspecified atom stereocenters. The topological polar surface area (TPSA) is 47.3 Å². The molecule has 3 nitrogen and oxygen atoms in total. The first-order valence-electron chi connectivity index (χ1n) is 3.71. The van der Waals surface area contributed by atoms with Crippen LogP contribution in [0.5, 0.6) is 0 Å². The molecule has 0 aromatic carbocycles. The maximum absolute atomic E-state index is 11.0. The van der Waals surface area contributed by atoms with Gasteiger partial charge in [0.1, 0.15) is 5.76 Å². The van der Waals surface area contributed by atoms with Crippen LogP contribution in [-0.2, 0) is 9.84 Å². The van der Waals surface area contributed by atoms with Gasteiger partial charge < -0.3 is 4.42 Å². The molecule has 0 aliphatic carbocycles. The van der Waals surface area contributed by atoms with E-state index in [2.05, 4.69) is 0 Å². The van der Waals surface area contributed by atoms with Crippen LogP contribution >= 0.6 is 0 Å². The predicted molar refractivity (Wildman–Crippen MR) is 45.9 cm³/mol. The maximum atomic E-state index is 11.0. The highest BCUT2D eigenvalue weighted by molar-refractivity contribution is 7.90. The highest BCUT2D eigenvalue weighted by atomic mass is 32.2. The average molecular weight is 188 g/mol. The van der Waals surface area contributed by atoms with Crippen LogP contribution in [0.4, 0.5) is 0 Å². The molecule has 12 heavy (non-hydrogen) atoms. The Morgan fingerprint density at radius 2 is 1.92 bits per heavy atom. The predicted octanol–water partition coefficient (Wildman–Crippen LogP) is 1.81. The van der Waals surface area contributed by atoms with Crippen molar-refractivity contribution in [3.05, 3.63) is 17.9 Å². The number of sulfone groups is 1. The van der Waals surface area contributed by atoms with Crippen LogP contribution in [0.2, 0.25) is 0 Å². The van der Waals surface area contributed by atoms with E-state index < -0.39 is 9.84 Å². The summed E-state index contributed by atoms with van der Waals surface area (Å²) in [6.45, 7) is 3.90. The highest BCUT2D eigenvalue weighted by Crippen LogP contribution is 2.20. The molecule has 1 rings (SSSR count). The van der Waals surface area contributed by atoms with Gasteiger partial charge in [-0.2, -0.15) is 0 Å². The molecular weight excluding hydrogens is 176 g/mol. The fourth-order valence-electron chi connectivity index (χ4n) is 0.844. The third kappa shape index (κ3) is 1.88. The molecule has 68 valence electrons. The van der Waals surface area contributed by atoms with E-state index in [0.717, 1.165) is 6.26 Å². The average Bonchev–Trinajstić information content (AvgIpc) is 2.30. The van der Waals surface area contributed by atoms with Gasteiger partial charge in [-0.05, 0) is 12.1 Å². The van der Waals surface area contributed by atoms with Gasteiger partial charge in [0.15, 0.2) is 0 Å². The Kier molecular flexibility index (Phi) is 2.28. The van der Waals surface area contributed by atoms with Crippen molar-refractivity contribution in [1.82, 2.24) is 0 Å². The fraction of sp³-hybridized carbons (Fsp3) is 0.500. The molecule has 1 aromatic heterocycles. The van der Waals surface area contributed by atoms with Crippen LogP contribution in [0, 0.1) is 0 Å². The van der Waals surface area contributed by atoms with E-state index in [9.17, 15) is 8.42 Å². The molecule has 1 aromatic rings. The van der Waals surface area contributed by atoms with Crippen molar-refractivity contribution >= 4 is 9.84 Å². The minimum atomic E-state index is -3.18. The second-order valence-electron chi connectivity index (χ2n) is 3.08. The van der Waals surface area contributed by atoms with Gasteiger partial charge in [-0.25, -0.2) is 8.42 Å². The summed E-state index contributed by atoms with van der Waals surface area (Å²) in [5.74, 6) is 0.927. The fourth-order valence-corrected chi connectivity index (χ4v) is 1.41. The smallest absolute Gasteiger partial charge is 0.217 e. The molecule has 0 aliphatic rings. The van der Waals surface area contributed by atoms with E-state index in [1.165, 1.54) is 6.07 Å². The Bertz CT molecular complexity index is 359. The number of hydrogen-bond acceptors (Lipinski definition) is 3. The van der Waals surface area contributed by atoms with Gasteiger partial charge in [-0.15, -0.1) is 0 Å². The van der Waals surface area contributed by atoms with Crippen LogP contribution < -0.4 is 0 Å². The molecule has 0 atom stereocenters. The van der Waals surface area contributed by atoms with Crippen molar-refractivity contribution in [2.75, 3.05) is 6.26 Å². The molecule has 0 fully saturated rings. The minimum Gasteiger partial charge on any atom is -0.449 e. The van der Waals surface area contributed by atoms with E-state index in [1.54, 1.807) is 6.07 Å². The zero-order valence-electron chi connectivity index (χ0n) is 7.37. The first-order valence-corrected chi connectivity index (χ1v) is 5.60. The van der Waals surface area contributed by atoms with Crippen LogP contribution in [0.25, 0.3) is 0 Å². The van der Waals surface area contributed by atoms with Crippen molar-refractivity contribution in [1.29, 1.82) is 0 Å². The third-order valence-corrected chi connectivity index (χ3v) is 2.49. The summed E-state index contributed by atoms with van der Waals surface area (Å²) < 4.78 is 27.1. The standard InChI is InChI=1S/C8H12O3S/c1-6(2)7-4-5-8(11-7)12(3,9)10/h4-6H,1-3H3. The summed E-state index contributed by atoms with van der Waals surface area (Å²) in [6.07, 6.45) is 1.13. The van der Waals surface area contributed by atoms with E-state index in [1.807, 2.05) is 13.8 Å². The summed E-state index contributed by atoms with van der Waals surface area (Å²) in [5.41, 5.74) is 0. The first-order chi connectivity index (χ1) is 5.41. The molecule has 0 amide bonds. The van der Waals surface area contributed by atoms with Crippen molar-refractivity contribution in [3.63, 3.8) is 0 Å². The lowest BCUT2D eigenvalue weighted by atomic mass is 10.2. The highest BCUT2D eigenvalue weighted by Gasteiger charge is 2.13. The summed E-state index contributed by atoms with van der Waals surface area (Å²) in [6, 6.07) is 3.19. The monoisotopic (exact) mass is 188 g/mol. The molecule has 0 saturated heterocycles. The van der Waals surface area contributed by atoms with Crippen molar-refractivity contribution < 1.29 is 12.8 Å². The maximum Gasteiger partial charge on any atom is 0.217 e. The van der Waals surface area contributed by atoms with Crippen molar-refractivity contribution in [2.45, 2.75) is 24.9 Å². The van der Waals surface area contributed by atoms with Gasteiger partial charge >= 0.3 is 0 Å². The van der Waals surface area contributed by atoms with Crippen LogP contribution in [-0.4, -0.2) is 14.7 Å². The van der Waals surface area contributed by atoms with Crippen LogP contribution in [0.15, 0.2) is 21.6 Å². The van der Waals surface area contributed by atoms with Gasteiger partial charge in [0, 0.05) is 12.2 Å². The molecular formula is C8H12O3S. The zero-order chi connectivity index (χ0) is 9.35. The van der Waals surface area contributed by atoms with Gasteiger partial charge in [0.25, 0.3) is 0 Å². The van der Waals surface area contributed by atoms with E-state index in [-0.39, 0.29) is 11.0 Å². The lowest BCUT2D eigenvalue weighted by Gasteiger charge is -1.97. The molecule has 1 heterocycles. The third-order valence-electron chi connectivity index (χ3n) is 1.54. The molecule has 0 spiro atoms. The van der Waals surface area contributed by atoms with Crippen LogP contribution in [0.3, 0.4) is 0 Å². The zero-order valence-corrected chi connectivity index (χ0v) is 8.18. The SMILES string of the molecule is CC(C)c1ccc(S(C)(=O)=O)o1. The summed E-state index contributed by atoms with van der Waals surface area (Å²) in [5, 5.41) is 0.0474. The Hall–Kier alpha value is -0.770. The Morgan fingerprint density at radius 3 is 2.17 bits per heavy atom. The summed E-state index contributed by atoms with van der Waals surface area (Å²) >= 11 is 0.